The summed E-state index contributed by atoms with van der Waals surface area (Å²) in [6.45, 7) is 2.23. The van der Waals surface area contributed by atoms with Crippen LogP contribution in [0.25, 0.3) is 0 Å². The number of nitrogens with one attached hydrogen (secondary N) is 1. The third-order valence-electron chi connectivity index (χ3n) is 4.15. The molecular weight excluding hydrogens is 454 g/mol. The fourth-order valence-electron chi connectivity index (χ4n) is 2.62. The zero-order valence-corrected chi connectivity index (χ0v) is 18.2. The molecule has 0 atom stereocenters. The smallest absolute Gasteiger partial charge is 0.216 e. The van der Waals surface area contributed by atoms with Crippen molar-refractivity contribution in [3.05, 3.63) is 68.2 Å². The van der Waals surface area contributed by atoms with E-state index in [4.69, 9.17) is 21.7 Å². The van der Waals surface area contributed by atoms with Crippen LogP contribution >= 0.6 is 28.1 Å². The summed E-state index contributed by atoms with van der Waals surface area (Å²) in [6.07, 6.45) is 2.37. The number of methoxy groups -OCH3 is 1. The molecule has 0 aliphatic heterocycles. The minimum Gasteiger partial charge on any atom is -0.493 e. The number of hydrogen-bond donors (Lipinski definition) is 1. The second-order valence-corrected chi connectivity index (χ2v) is 7.18. The lowest BCUT2D eigenvalue weighted by Crippen LogP contribution is -2.01. The summed E-state index contributed by atoms with van der Waals surface area (Å²) in [5.74, 6) is 1.85. The standard InChI is InChI=1S/C20H18BrN5O2S/c1-3-19-24-25-20(29)26(19)23-11-15-8-17(27-2)18(9-16(15)21)28-12-14-7-5-4-6-13(14)10-22/h4-9,11H,3,12H2,1-2H3,(H,25,29)/b23-11+. The SMILES string of the molecule is CCc1n[nH]c(=S)n1/N=C/c1cc(OC)c(OCc2ccccc2C#N)cc1Br. The Morgan fingerprint density at radius 1 is 1.34 bits per heavy atom. The van der Waals surface area contributed by atoms with Crippen LogP contribution in [0.4, 0.5) is 0 Å². The molecule has 0 saturated heterocycles. The van der Waals surface area contributed by atoms with E-state index in [1.807, 2.05) is 37.3 Å². The summed E-state index contributed by atoms with van der Waals surface area (Å²) in [5.41, 5.74) is 2.18. The average molecular weight is 472 g/mol. The van der Waals surface area contributed by atoms with Crippen molar-refractivity contribution >= 4 is 34.4 Å². The molecule has 7 nitrogen and oxygen atoms in total. The van der Waals surface area contributed by atoms with Gasteiger partial charge in [0.05, 0.1) is 25.0 Å². The van der Waals surface area contributed by atoms with Crippen molar-refractivity contribution < 1.29 is 9.47 Å². The number of hydrogen-bond acceptors (Lipinski definition) is 6. The number of benzene rings is 2. The van der Waals surface area contributed by atoms with Crippen molar-refractivity contribution in [2.45, 2.75) is 20.0 Å². The maximum absolute atomic E-state index is 9.22. The molecule has 0 aliphatic rings. The van der Waals surface area contributed by atoms with Crippen LogP contribution in [0.15, 0.2) is 46.0 Å². The van der Waals surface area contributed by atoms with Gasteiger partial charge in [-0.2, -0.15) is 20.1 Å². The average Bonchev–Trinajstić information content (AvgIpc) is 3.11. The predicted octanol–water partition coefficient (Wildman–Crippen LogP) is 4.61. The van der Waals surface area contributed by atoms with Crippen LogP contribution in [0, 0.1) is 16.1 Å². The Morgan fingerprint density at radius 3 is 2.86 bits per heavy atom. The number of aromatic nitrogens is 3. The summed E-state index contributed by atoms with van der Waals surface area (Å²) in [4.78, 5) is 0. The maximum Gasteiger partial charge on any atom is 0.216 e. The summed E-state index contributed by atoms with van der Waals surface area (Å²) in [7, 11) is 1.57. The van der Waals surface area contributed by atoms with Crippen molar-refractivity contribution in [2.24, 2.45) is 5.10 Å². The predicted molar refractivity (Wildman–Crippen MR) is 116 cm³/mol. The number of ether oxygens (including phenoxy) is 2. The molecule has 0 radical (unpaired) electrons. The molecule has 3 aromatic rings. The van der Waals surface area contributed by atoms with E-state index in [0.717, 1.165) is 21.4 Å². The zero-order valence-electron chi connectivity index (χ0n) is 15.8. The van der Waals surface area contributed by atoms with E-state index in [1.165, 1.54) is 0 Å². The van der Waals surface area contributed by atoms with Crippen LogP contribution < -0.4 is 9.47 Å². The molecule has 0 aliphatic carbocycles. The number of aryl methyl sites for hydroxylation is 1. The largest absolute Gasteiger partial charge is 0.493 e. The lowest BCUT2D eigenvalue weighted by Gasteiger charge is -2.13. The van der Waals surface area contributed by atoms with Crippen molar-refractivity contribution in [2.75, 3.05) is 7.11 Å². The third kappa shape index (κ3) is 4.72. The van der Waals surface area contributed by atoms with Crippen LogP contribution in [0.2, 0.25) is 0 Å². The van der Waals surface area contributed by atoms with Gasteiger partial charge in [0, 0.05) is 22.0 Å². The van der Waals surface area contributed by atoms with Gasteiger partial charge in [-0.15, -0.1) is 0 Å². The van der Waals surface area contributed by atoms with Gasteiger partial charge in [0.25, 0.3) is 0 Å². The van der Waals surface area contributed by atoms with Crippen molar-refractivity contribution in [1.82, 2.24) is 14.9 Å². The van der Waals surface area contributed by atoms with E-state index in [-0.39, 0.29) is 6.61 Å². The number of halogens is 1. The highest BCUT2D eigenvalue weighted by atomic mass is 79.9. The highest BCUT2D eigenvalue weighted by Gasteiger charge is 2.11. The molecule has 9 heteroatoms. The lowest BCUT2D eigenvalue weighted by atomic mass is 10.1. The highest BCUT2D eigenvalue weighted by Crippen LogP contribution is 2.33. The fourth-order valence-corrected chi connectivity index (χ4v) is 3.25. The quantitative estimate of drug-likeness (QED) is 0.401. The number of rotatable bonds is 7. The molecule has 0 unspecified atom stereocenters. The van der Waals surface area contributed by atoms with Gasteiger partial charge in [0.15, 0.2) is 17.3 Å². The maximum atomic E-state index is 9.22. The van der Waals surface area contributed by atoms with Crippen molar-refractivity contribution in [3.8, 4) is 17.6 Å². The Bertz CT molecular complexity index is 1150. The minimum absolute atomic E-state index is 0.254. The monoisotopic (exact) mass is 471 g/mol. The lowest BCUT2D eigenvalue weighted by molar-refractivity contribution is 0.284. The third-order valence-corrected chi connectivity index (χ3v) is 5.10. The van der Waals surface area contributed by atoms with Gasteiger partial charge in [0.2, 0.25) is 4.77 Å². The van der Waals surface area contributed by atoms with Crippen LogP contribution in [0.3, 0.4) is 0 Å². The highest BCUT2D eigenvalue weighted by molar-refractivity contribution is 9.10. The number of aromatic amines is 1. The van der Waals surface area contributed by atoms with E-state index in [1.54, 1.807) is 24.1 Å². The molecule has 0 bridgehead atoms. The number of nitriles is 1. The molecule has 1 N–H and O–H groups in total. The van der Waals surface area contributed by atoms with Gasteiger partial charge in [-0.25, -0.2) is 0 Å². The summed E-state index contributed by atoms with van der Waals surface area (Å²) >= 11 is 8.76. The molecule has 0 spiro atoms. The van der Waals surface area contributed by atoms with Gasteiger partial charge >= 0.3 is 0 Å². The molecule has 3 rings (SSSR count). The van der Waals surface area contributed by atoms with Gasteiger partial charge in [-0.3, -0.25) is 5.10 Å². The van der Waals surface area contributed by atoms with Crippen molar-refractivity contribution in [1.29, 1.82) is 5.26 Å². The molecule has 148 valence electrons. The Balaban J connectivity index is 1.86. The number of H-pyrrole nitrogens is 1. The van der Waals surface area contributed by atoms with Crippen LogP contribution in [0.5, 0.6) is 11.5 Å². The molecule has 1 heterocycles. The Labute approximate surface area is 181 Å². The molecule has 2 aromatic carbocycles. The second kappa shape index (κ2) is 9.49. The summed E-state index contributed by atoms with van der Waals surface area (Å²) in [5, 5.41) is 20.5. The Hall–Kier alpha value is -2.96. The molecule has 29 heavy (non-hydrogen) atoms. The van der Waals surface area contributed by atoms with E-state index < -0.39 is 0 Å². The topological polar surface area (TPSA) is 88.2 Å². The van der Waals surface area contributed by atoms with E-state index in [2.05, 4.69) is 37.3 Å². The Kier molecular flexibility index (Phi) is 6.80. The summed E-state index contributed by atoms with van der Waals surface area (Å²) < 4.78 is 14.2. The minimum atomic E-state index is 0.254. The molecule has 1 aromatic heterocycles. The van der Waals surface area contributed by atoms with Crippen LogP contribution in [-0.2, 0) is 13.0 Å². The van der Waals surface area contributed by atoms with Gasteiger partial charge < -0.3 is 9.47 Å². The first-order valence-corrected chi connectivity index (χ1v) is 9.96. The van der Waals surface area contributed by atoms with E-state index in [9.17, 15) is 5.26 Å². The zero-order chi connectivity index (χ0) is 20.8. The van der Waals surface area contributed by atoms with Crippen molar-refractivity contribution in [3.63, 3.8) is 0 Å². The molecular formula is C20H18BrN5O2S. The van der Waals surface area contributed by atoms with E-state index >= 15 is 0 Å². The molecule has 0 amide bonds. The van der Waals surface area contributed by atoms with E-state index in [0.29, 0.717) is 28.3 Å². The first kappa shape index (κ1) is 20.8. The molecule has 0 saturated carbocycles. The first-order chi connectivity index (χ1) is 14.1. The first-order valence-electron chi connectivity index (χ1n) is 8.76. The fraction of sp³-hybridized carbons (Fsp3) is 0.200. The molecule has 0 fully saturated rings. The van der Waals surface area contributed by atoms with Gasteiger partial charge in [-0.05, 0) is 46.3 Å². The summed E-state index contributed by atoms with van der Waals surface area (Å²) in [6, 6.07) is 13.1. The van der Waals surface area contributed by atoms with Gasteiger partial charge in [0.1, 0.15) is 6.61 Å². The normalized spacial score (nSPS) is 10.8. The van der Waals surface area contributed by atoms with Crippen LogP contribution in [-0.4, -0.2) is 28.2 Å². The van der Waals surface area contributed by atoms with Gasteiger partial charge in [-0.1, -0.05) is 25.1 Å². The van der Waals surface area contributed by atoms with Crippen LogP contribution in [0.1, 0.15) is 29.4 Å². The second-order valence-electron chi connectivity index (χ2n) is 5.94. The number of nitrogens with zero attached hydrogens (tertiary/aromatic N) is 4. The Morgan fingerprint density at radius 2 is 2.14 bits per heavy atom.